The van der Waals surface area contributed by atoms with Crippen molar-refractivity contribution in [3.8, 4) is 33.9 Å². The Balaban J connectivity index is 2.16. The maximum absolute atomic E-state index is 13.1. The number of carbonyl (C=O) groups is 1. The quantitative estimate of drug-likeness (QED) is 0.723. The second-order valence-corrected chi connectivity index (χ2v) is 7.49. The van der Waals surface area contributed by atoms with Crippen molar-refractivity contribution in [3.05, 3.63) is 54.0 Å². The summed E-state index contributed by atoms with van der Waals surface area (Å²) in [6, 6.07) is 9.74. The highest BCUT2D eigenvalue weighted by atomic mass is 16.5. The number of hydrogen-bond donors (Lipinski definition) is 1. The van der Waals surface area contributed by atoms with E-state index in [2.05, 4.69) is 14.9 Å². The van der Waals surface area contributed by atoms with Crippen LogP contribution in [0.1, 0.15) is 36.8 Å². The van der Waals surface area contributed by atoms with E-state index < -0.39 is 5.60 Å². The Morgan fingerprint density at radius 3 is 2.79 bits per heavy atom. The Bertz CT molecular complexity index is 1100. The average Bonchev–Trinajstić information content (AvgIpc) is 3.09. The number of methoxy groups -OCH3 is 1. The highest BCUT2D eigenvalue weighted by Gasteiger charge is 2.41. The summed E-state index contributed by atoms with van der Waals surface area (Å²) >= 11 is 0. The number of ether oxygens (including phenoxy) is 2. The summed E-state index contributed by atoms with van der Waals surface area (Å²) < 4.78 is 13.9. The van der Waals surface area contributed by atoms with Crippen LogP contribution in [0.15, 0.2) is 42.7 Å². The zero-order valence-corrected chi connectivity index (χ0v) is 17.4. The van der Waals surface area contributed by atoms with Crippen molar-refractivity contribution < 1.29 is 14.3 Å². The van der Waals surface area contributed by atoms with Gasteiger partial charge in [-0.1, -0.05) is 12.1 Å². The van der Waals surface area contributed by atoms with E-state index in [1.807, 2.05) is 51.1 Å². The van der Waals surface area contributed by atoms with Gasteiger partial charge in [-0.2, -0.15) is 0 Å². The monoisotopic (exact) mass is 391 g/mol. The fraction of sp³-hybridized carbons (Fsp3) is 0.304. The van der Waals surface area contributed by atoms with E-state index in [9.17, 15) is 4.79 Å². The van der Waals surface area contributed by atoms with E-state index in [0.29, 0.717) is 12.2 Å². The Morgan fingerprint density at radius 2 is 2.10 bits per heavy atom. The number of fused-ring (bicyclic) bond motifs is 3. The molecule has 0 saturated carbocycles. The van der Waals surface area contributed by atoms with Crippen molar-refractivity contribution in [1.29, 1.82) is 0 Å². The zero-order chi connectivity index (χ0) is 20.8. The highest BCUT2D eigenvalue weighted by molar-refractivity contribution is 6.03. The van der Waals surface area contributed by atoms with Crippen molar-refractivity contribution >= 4 is 5.91 Å². The van der Waals surface area contributed by atoms with Gasteiger partial charge in [-0.15, -0.1) is 0 Å². The first-order valence-electron chi connectivity index (χ1n) is 9.69. The lowest BCUT2D eigenvalue weighted by molar-refractivity contribution is 0.0955. The summed E-state index contributed by atoms with van der Waals surface area (Å²) in [5, 5.41) is 2.81. The van der Waals surface area contributed by atoms with E-state index >= 15 is 0 Å². The third-order valence-electron chi connectivity index (χ3n) is 5.39. The lowest BCUT2D eigenvalue weighted by atomic mass is 9.85. The van der Waals surface area contributed by atoms with Gasteiger partial charge in [0.2, 0.25) is 0 Å². The molecule has 0 aliphatic carbocycles. The van der Waals surface area contributed by atoms with Gasteiger partial charge in [0.1, 0.15) is 22.8 Å². The molecule has 29 heavy (non-hydrogen) atoms. The standard InChI is InChI=1S/C23H25N3O3/c1-6-26-20-16-10-11-25-13-17(16)29-23(2,3)19(20)18(21(26)22(27)24-4)14-8-7-9-15(12-14)28-5/h7-13H,6H2,1-5H3,(H,24,27). The molecule has 2 aromatic heterocycles. The first-order valence-corrected chi connectivity index (χ1v) is 9.69. The van der Waals surface area contributed by atoms with Gasteiger partial charge in [0, 0.05) is 36.5 Å². The molecule has 150 valence electrons. The molecule has 0 saturated heterocycles. The van der Waals surface area contributed by atoms with Crippen LogP contribution in [0.4, 0.5) is 0 Å². The summed E-state index contributed by atoms with van der Waals surface area (Å²) in [7, 11) is 3.30. The number of carbonyl (C=O) groups excluding carboxylic acids is 1. The van der Waals surface area contributed by atoms with E-state index in [4.69, 9.17) is 9.47 Å². The van der Waals surface area contributed by atoms with Crippen molar-refractivity contribution in [2.45, 2.75) is 32.9 Å². The third-order valence-corrected chi connectivity index (χ3v) is 5.39. The van der Waals surface area contributed by atoms with Crippen LogP contribution >= 0.6 is 0 Å². The first kappa shape index (κ1) is 19.1. The fourth-order valence-corrected chi connectivity index (χ4v) is 4.20. The van der Waals surface area contributed by atoms with Crippen LogP contribution < -0.4 is 14.8 Å². The molecule has 6 nitrogen and oxygen atoms in total. The number of benzene rings is 1. The molecule has 4 rings (SSSR count). The molecule has 0 radical (unpaired) electrons. The van der Waals surface area contributed by atoms with Crippen LogP contribution in [0.2, 0.25) is 0 Å². The summed E-state index contributed by atoms with van der Waals surface area (Å²) in [6.45, 7) is 6.75. The predicted molar refractivity (Wildman–Crippen MR) is 112 cm³/mol. The van der Waals surface area contributed by atoms with Gasteiger partial charge in [-0.25, -0.2) is 0 Å². The number of nitrogens with zero attached hydrogens (tertiary/aromatic N) is 2. The molecular formula is C23H25N3O3. The number of nitrogens with one attached hydrogen (secondary N) is 1. The van der Waals surface area contributed by atoms with Gasteiger partial charge >= 0.3 is 0 Å². The average molecular weight is 391 g/mol. The molecule has 6 heteroatoms. The molecular weight excluding hydrogens is 366 g/mol. The zero-order valence-electron chi connectivity index (χ0n) is 17.4. The Hall–Kier alpha value is -3.28. The molecule has 1 amide bonds. The molecule has 1 aliphatic heterocycles. The van der Waals surface area contributed by atoms with E-state index in [0.717, 1.165) is 39.4 Å². The maximum atomic E-state index is 13.1. The summed E-state index contributed by atoms with van der Waals surface area (Å²) in [4.78, 5) is 17.3. The fourth-order valence-electron chi connectivity index (χ4n) is 4.20. The molecule has 0 spiro atoms. The lowest BCUT2D eigenvalue weighted by Gasteiger charge is -2.34. The Morgan fingerprint density at radius 1 is 1.31 bits per heavy atom. The molecule has 0 bridgehead atoms. The summed E-state index contributed by atoms with van der Waals surface area (Å²) in [5.41, 5.74) is 4.69. The van der Waals surface area contributed by atoms with Crippen molar-refractivity contribution in [1.82, 2.24) is 14.9 Å². The molecule has 3 heterocycles. The second kappa shape index (κ2) is 6.95. The summed E-state index contributed by atoms with van der Waals surface area (Å²) in [5.74, 6) is 1.32. The molecule has 3 aromatic rings. The van der Waals surface area contributed by atoms with Gasteiger partial charge in [0.05, 0.1) is 19.0 Å². The van der Waals surface area contributed by atoms with Crippen LogP contribution in [0.5, 0.6) is 11.5 Å². The van der Waals surface area contributed by atoms with Crippen LogP contribution in [0.25, 0.3) is 22.4 Å². The van der Waals surface area contributed by atoms with Crippen molar-refractivity contribution in [3.63, 3.8) is 0 Å². The third kappa shape index (κ3) is 2.87. The van der Waals surface area contributed by atoms with Gasteiger partial charge < -0.3 is 19.4 Å². The maximum Gasteiger partial charge on any atom is 0.268 e. The summed E-state index contributed by atoms with van der Waals surface area (Å²) in [6.07, 6.45) is 3.49. The largest absolute Gasteiger partial charge is 0.497 e. The molecule has 1 N–H and O–H groups in total. The van der Waals surface area contributed by atoms with E-state index in [-0.39, 0.29) is 5.91 Å². The normalized spacial score (nSPS) is 13.8. The molecule has 1 aliphatic rings. The first-order chi connectivity index (χ1) is 13.9. The highest BCUT2D eigenvalue weighted by Crippen LogP contribution is 2.51. The van der Waals surface area contributed by atoms with E-state index in [1.165, 1.54) is 0 Å². The topological polar surface area (TPSA) is 65.4 Å². The lowest BCUT2D eigenvalue weighted by Crippen LogP contribution is -2.30. The molecule has 0 unspecified atom stereocenters. The van der Waals surface area contributed by atoms with Gasteiger partial charge in [-0.05, 0) is 44.5 Å². The minimum Gasteiger partial charge on any atom is -0.497 e. The van der Waals surface area contributed by atoms with Crippen molar-refractivity contribution in [2.75, 3.05) is 14.2 Å². The van der Waals surface area contributed by atoms with Crippen LogP contribution in [-0.2, 0) is 12.1 Å². The Kier molecular flexibility index (Phi) is 4.57. The number of rotatable bonds is 4. The van der Waals surface area contributed by atoms with E-state index in [1.54, 1.807) is 26.6 Å². The Labute approximate surface area is 170 Å². The second-order valence-electron chi connectivity index (χ2n) is 7.49. The van der Waals surface area contributed by atoms with Crippen LogP contribution in [0, 0.1) is 0 Å². The van der Waals surface area contributed by atoms with Crippen molar-refractivity contribution in [2.24, 2.45) is 0 Å². The molecule has 0 atom stereocenters. The number of hydrogen-bond acceptors (Lipinski definition) is 4. The molecule has 1 aromatic carbocycles. The SMILES string of the molecule is CCn1c(C(=O)NC)c(-c2cccc(OC)c2)c2c1-c1ccncc1OC2(C)C. The smallest absolute Gasteiger partial charge is 0.268 e. The number of amides is 1. The predicted octanol–water partition coefficient (Wildman–Crippen LogP) is 4.23. The minimum absolute atomic E-state index is 0.134. The van der Waals surface area contributed by atoms with Crippen LogP contribution in [0.3, 0.4) is 0 Å². The number of aromatic nitrogens is 2. The van der Waals surface area contributed by atoms with Gasteiger partial charge in [0.25, 0.3) is 5.91 Å². The number of pyridine rings is 1. The minimum atomic E-state index is -0.646. The van der Waals surface area contributed by atoms with Crippen LogP contribution in [-0.4, -0.2) is 29.6 Å². The van der Waals surface area contributed by atoms with Gasteiger partial charge in [-0.3, -0.25) is 9.78 Å². The molecule has 0 fully saturated rings. The van der Waals surface area contributed by atoms with Gasteiger partial charge in [0.15, 0.2) is 0 Å².